The van der Waals surface area contributed by atoms with Crippen molar-refractivity contribution in [1.29, 1.82) is 0 Å². The van der Waals surface area contributed by atoms with Crippen molar-refractivity contribution in [3.63, 3.8) is 0 Å². The Morgan fingerprint density at radius 1 is 1.18 bits per heavy atom. The molecule has 1 heterocycles. The van der Waals surface area contributed by atoms with Crippen LogP contribution in [0.5, 0.6) is 5.75 Å². The summed E-state index contributed by atoms with van der Waals surface area (Å²) in [5.41, 5.74) is 1.26. The third-order valence-corrected chi connectivity index (χ3v) is 6.22. The van der Waals surface area contributed by atoms with Crippen molar-refractivity contribution in [3.8, 4) is 5.75 Å². The van der Waals surface area contributed by atoms with Crippen LogP contribution < -0.4 is 10.6 Å². The summed E-state index contributed by atoms with van der Waals surface area (Å²) in [4.78, 5) is 15.0. The largest absolute Gasteiger partial charge is 0.508 e. The summed E-state index contributed by atoms with van der Waals surface area (Å²) in [6.45, 7) is 6.27. The van der Waals surface area contributed by atoms with Crippen LogP contribution in [0.3, 0.4) is 0 Å². The topological polar surface area (TPSA) is 73.8 Å². The lowest BCUT2D eigenvalue weighted by atomic mass is 9.80. The first kappa shape index (κ1) is 20.9. The van der Waals surface area contributed by atoms with Gasteiger partial charge in [-0.3, -0.25) is 4.90 Å². The molecule has 1 aromatic rings. The maximum Gasteiger partial charge on any atom is 0.315 e. The lowest BCUT2D eigenvalue weighted by molar-refractivity contribution is -0.0357. The number of urea groups is 1. The lowest BCUT2D eigenvalue weighted by Gasteiger charge is -2.48. The lowest BCUT2D eigenvalue weighted by Crippen LogP contribution is -2.60. The second-order valence-corrected chi connectivity index (χ2v) is 8.32. The Morgan fingerprint density at radius 3 is 2.54 bits per heavy atom. The Hall–Kier alpha value is -1.79. The number of aromatic hydroxyl groups is 1. The Bertz CT molecular complexity index is 608. The number of morpholine rings is 1. The molecule has 3 rings (SSSR count). The summed E-state index contributed by atoms with van der Waals surface area (Å²) in [5.74, 6) is 0.284. The Morgan fingerprint density at radius 2 is 1.86 bits per heavy atom. The first-order chi connectivity index (χ1) is 13.6. The molecule has 1 atom stereocenters. The molecule has 0 bridgehead atoms. The van der Waals surface area contributed by atoms with Crippen molar-refractivity contribution >= 4 is 6.03 Å². The van der Waals surface area contributed by atoms with Crippen LogP contribution in [0.2, 0.25) is 0 Å². The molecule has 2 fully saturated rings. The third-order valence-electron chi connectivity index (χ3n) is 6.22. The van der Waals surface area contributed by atoms with Gasteiger partial charge in [0.25, 0.3) is 0 Å². The van der Waals surface area contributed by atoms with Crippen LogP contribution in [0.25, 0.3) is 0 Å². The molecule has 1 aromatic carbocycles. The van der Waals surface area contributed by atoms with Crippen molar-refractivity contribution in [3.05, 3.63) is 29.8 Å². The van der Waals surface area contributed by atoms with Crippen LogP contribution in [-0.2, 0) is 11.2 Å². The molecule has 1 unspecified atom stereocenters. The quantitative estimate of drug-likeness (QED) is 0.670. The monoisotopic (exact) mass is 389 g/mol. The number of amides is 2. The standard InChI is InChI=1S/C22H35N3O3/c1-18(5-6-19-7-9-20(26)10-8-19)24-21(27)23-17-22(11-3-2-4-12-22)25-13-15-28-16-14-25/h7-10,18,26H,2-6,11-17H2,1H3,(H2,23,24,27). The van der Waals surface area contributed by atoms with Crippen molar-refractivity contribution in [2.45, 2.75) is 63.5 Å². The normalized spacial score (nSPS) is 21.0. The average Bonchev–Trinajstić information content (AvgIpc) is 2.73. The number of hydrogen-bond acceptors (Lipinski definition) is 4. The van der Waals surface area contributed by atoms with E-state index >= 15 is 0 Å². The van der Waals surface area contributed by atoms with Gasteiger partial charge in [0.15, 0.2) is 0 Å². The second-order valence-electron chi connectivity index (χ2n) is 8.32. The van der Waals surface area contributed by atoms with E-state index in [0.29, 0.717) is 6.54 Å². The highest BCUT2D eigenvalue weighted by molar-refractivity contribution is 5.74. The molecular weight excluding hydrogens is 354 g/mol. The summed E-state index contributed by atoms with van der Waals surface area (Å²) in [5, 5.41) is 15.6. The van der Waals surface area contributed by atoms with Gasteiger partial charge < -0.3 is 20.5 Å². The Labute approximate surface area is 168 Å². The minimum Gasteiger partial charge on any atom is -0.508 e. The van der Waals surface area contributed by atoms with E-state index in [0.717, 1.165) is 52.0 Å². The van der Waals surface area contributed by atoms with Crippen LogP contribution in [0.1, 0.15) is 51.0 Å². The molecule has 28 heavy (non-hydrogen) atoms. The zero-order chi connectivity index (χ0) is 19.8. The molecule has 1 aliphatic carbocycles. The highest BCUT2D eigenvalue weighted by Crippen LogP contribution is 2.33. The van der Waals surface area contributed by atoms with E-state index < -0.39 is 0 Å². The van der Waals surface area contributed by atoms with Gasteiger partial charge in [0.05, 0.1) is 13.2 Å². The number of nitrogens with zero attached hydrogens (tertiary/aromatic N) is 1. The predicted octanol–water partition coefficient (Wildman–Crippen LogP) is 3.05. The highest BCUT2D eigenvalue weighted by atomic mass is 16.5. The van der Waals surface area contributed by atoms with E-state index in [2.05, 4.69) is 15.5 Å². The van der Waals surface area contributed by atoms with Crippen LogP contribution >= 0.6 is 0 Å². The van der Waals surface area contributed by atoms with Gasteiger partial charge in [-0.25, -0.2) is 4.79 Å². The molecule has 1 aliphatic heterocycles. The average molecular weight is 390 g/mol. The third kappa shape index (κ3) is 5.85. The molecule has 6 nitrogen and oxygen atoms in total. The van der Waals surface area contributed by atoms with Crippen molar-refractivity contribution in [2.75, 3.05) is 32.8 Å². The van der Waals surface area contributed by atoms with Gasteiger partial charge in [-0.2, -0.15) is 0 Å². The molecule has 0 aromatic heterocycles. The number of phenols is 1. The number of phenolic OH excluding ortho intramolecular Hbond substituents is 1. The number of benzene rings is 1. The molecule has 1 saturated carbocycles. The molecule has 1 saturated heterocycles. The van der Waals surface area contributed by atoms with Crippen molar-refractivity contribution < 1.29 is 14.6 Å². The van der Waals surface area contributed by atoms with Gasteiger partial charge >= 0.3 is 6.03 Å². The number of aryl methyl sites for hydroxylation is 1. The SMILES string of the molecule is CC(CCc1ccc(O)cc1)NC(=O)NCC1(N2CCOCC2)CCCCC1. The number of rotatable bonds is 7. The Balaban J connectivity index is 1.45. The summed E-state index contributed by atoms with van der Waals surface area (Å²) < 4.78 is 5.53. The van der Waals surface area contributed by atoms with Crippen molar-refractivity contribution in [1.82, 2.24) is 15.5 Å². The van der Waals surface area contributed by atoms with Gasteiger partial charge in [-0.1, -0.05) is 31.4 Å². The van der Waals surface area contributed by atoms with E-state index in [4.69, 9.17) is 4.74 Å². The molecular formula is C22H35N3O3. The number of carbonyl (C=O) groups is 1. The minimum absolute atomic E-state index is 0.0728. The van der Waals surface area contributed by atoms with E-state index in [-0.39, 0.29) is 23.4 Å². The van der Waals surface area contributed by atoms with Gasteiger partial charge in [0.2, 0.25) is 0 Å². The second kappa shape index (κ2) is 10.1. The Kier molecular flexibility index (Phi) is 7.57. The first-order valence-corrected chi connectivity index (χ1v) is 10.7. The number of hydrogen-bond donors (Lipinski definition) is 3. The zero-order valence-corrected chi connectivity index (χ0v) is 17.1. The number of nitrogens with one attached hydrogen (secondary N) is 2. The predicted molar refractivity (Wildman–Crippen MR) is 111 cm³/mol. The maximum atomic E-state index is 12.5. The van der Waals surface area contributed by atoms with Gasteiger partial charge in [-0.15, -0.1) is 0 Å². The van der Waals surface area contributed by atoms with E-state index in [9.17, 15) is 9.90 Å². The fraction of sp³-hybridized carbons (Fsp3) is 0.682. The molecule has 2 amide bonds. The van der Waals surface area contributed by atoms with Crippen LogP contribution in [0.15, 0.2) is 24.3 Å². The summed E-state index contributed by atoms with van der Waals surface area (Å²) in [6, 6.07) is 7.29. The summed E-state index contributed by atoms with van der Waals surface area (Å²) >= 11 is 0. The highest BCUT2D eigenvalue weighted by Gasteiger charge is 2.38. The van der Waals surface area contributed by atoms with E-state index in [1.807, 2.05) is 19.1 Å². The van der Waals surface area contributed by atoms with Crippen LogP contribution in [-0.4, -0.2) is 60.5 Å². The molecule has 2 aliphatic rings. The number of ether oxygens (including phenoxy) is 1. The maximum absolute atomic E-state index is 12.5. The van der Waals surface area contributed by atoms with Gasteiger partial charge in [0.1, 0.15) is 5.75 Å². The van der Waals surface area contributed by atoms with Gasteiger partial charge in [-0.05, 0) is 50.3 Å². The van der Waals surface area contributed by atoms with E-state index in [1.165, 1.54) is 24.8 Å². The molecule has 0 radical (unpaired) electrons. The zero-order valence-electron chi connectivity index (χ0n) is 17.1. The first-order valence-electron chi connectivity index (χ1n) is 10.7. The van der Waals surface area contributed by atoms with E-state index in [1.54, 1.807) is 12.1 Å². The molecule has 3 N–H and O–H groups in total. The fourth-order valence-corrected chi connectivity index (χ4v) is 4.49. The fourth-order valence-electron chi connectivity index (χ4n) is 4.49. The summed E-state index contributed by atoms with van der Waals surface area (Å²) in [6.07, 6.45) is 7.83. The number of carbonyl (C=O) groups excluding carboxylic acids is 1. The van der Waals surface area contributed by atoms with Gasteiger partial charge in [0, 0.05) is 31.2 Å². The van der Waals surface area contributed by atoms with Crippen LogP contribution in [0, 0.1) is 0 Å². The minimum atomic E-state index is -0.0728. The van der Waals surface area contributed by atoms with Crippen molar-refractivity contribution in [2.24, 2.45) is 0 Å². The molecule has 6 heteroatoms. The summed E-state index contributed by atoms with van der Waals surface area (Å²) in [7, 11) is 0. The molecule has 156 valence electrons. The molecule has 0 spiro atoms. The smallest absolute Gasteiger partial charge is 0.315 e. The van der Waals surface area contributed by atoms with Crippen LogP contribution in [0.4, 0.5) is 4.79 Å².